The number of hydrogen-bond donors (Lipinski definition) is 2. The van der Waals surface area contributed by atoms with Gasteiger partial charge in [0.25, 0.3) is 5.91 Å². The van der Waals surface area contributed by atoms with Crippen LogP contribution in [0.2, 0.25) is 0 Å². The minimum absolute atomic E-state index is 0.0981. The second kappa shape index (κ2) is 6.43. The Bertz CT molecular complexity index is 649. The number of amides is 2. The van der Waals surface area contributed by atoms with Gasteiger partial charge in [0.05, 0.1) is 5.69 Å². The zero-order valence-corrected chi connectivity index (χ0v) is 12.2. The topological polar surface area (TPSA) is 76.0 Å². The highest BCUT2D eigenvalue weighted by molar-refractivity contribution is 5.97. The van der Waals surface area contributed by atoms with Crippen LogP contribution in [0.1, 0.15) is 29.6 Å². The second-order valence-electron chi connectivity index (χ2n) is 5.31. The minimum Gasteiger partial charge on any atom is -0.354 e. The molecule has 3 rings (SSSR count). The Morgan fingerprint density at radius 2 is 2.09 bits per heavy atom. The van der Waals surface area contributed by atoms with Gasteiger partial charge < -0.3 is 10.6 Å². The van der Waals surface area contributed by atoms with Crippen LogP contribution in [0, 0.1) is 0 Å². The van der Waals surface area contributed by atoms with Gasteiger partial charge in [0.2, 0.25) is 5.91 Å². The van der Waals surface area contributed by atoms with Crippen LogP contribution < -0.4 is 10.6 Å². The van der Waals surface area contributed by atoms with Gasteiger partial charge in [-0.1, -0.05) is 0 Å². The van der Waals surface area contributed by atoms with Crippen molar-refractivity contribution < 1.29 is 9.59 Å². The van der Waals surface area contributed by atoms with Crippen molar-refractivity contribution in [3.63, 3.8) is 0 Å². The summed E-state index contributed by atoms with van der Waals surface area (Å²) in [6.45, 7) is 0.684. The average Bonchev–Trinajstić information content (AvgIpc) is 3.00. The molecule has 0 aliphatic carbocycles. The summed E-state index contributed by atoms with van der Waals surface area (Å²) in [5.41, 5.74) is 1.42. The highest BCUT2D eigenvalue weighted by Gasteiger charge is 2.22. The molecule has 1 aliphatic heterocycles. The molecular weight excluding hydrogens is 280 g/mol. The summed E-state index contributed by atoms with van der Waals surface area (Å²) < 4.78 is 1.72. The molecule has 6 nitrogen and oxygen atoms in total. The van der Waals surface area contributed by atoms with E-state index in [-0.39, 0.29) is 11.8 Å². The number of rotatable bonds is 3. The maximum Gasteiger partial charge on any atom is 0.251 e. The first-order valence-electron chi connectivity index (χ1n) is 7.43. The Morgan fingerprint density at radius 3 is 2.82 bits per heavy atom. The van der Waals surface area contributed by atoms with Gasteiger partial charge in [-0.25, -0.2) is 4.68 Å². The van der Waals surface area contributed by atoms with E-state index in [4.69, 9.17) is 0 Å². The Labute approximate surface area is 128 Å². The highest BCUT2D eigenvalue weighted by atomic mass is 16.2. The van der Waals surface area contributed by atoms with Crippen molar-refractivity contribution in [1.29, 1.82) is 0 Å². The third-order valence-corrected chi connectivity index (χ3v) is 3.74. The summed E-state index contributed by atoms with van der Waals surface area (Å²) >= 11 is 0. The number of carbonyl (C=O) groups is 2. The summed E-state index contributed by atoms with van der Waals surface area (Å²) in [6.07, 6.45) is 6.11. The minimum atomic E-state index is -0.444. The predicted molar refractivity (Wildman–Crippen MR) is 81.7 cm³/mol. The van der Waals surface area contributed by atoms with Crippen LogP contribution in [0.4, 0.5) is 0 Å². The second-order valence-corrected chi connectivity index (χ2v) is 5.31. The Morgan fingerprint density at radius 1 is 1.27 bits per heavy atom. The van der Waals surface area contributed by atoms with Gasteiger partial charge in [-0.15, -0.1) is 0 Å². The number of aromatic nitrogens is 2. The van der Waals surface area contributed by atoms with Crippen molar-refractivity contribution in [2.75, 3.05) is 6.54 Å². The molecular formula is C16H18N4O2. The van der Waals surface area contributed by atoms with Crippen LogP contribution in [0.25, 0.3) is 5.69 Å². The lowest BCUT2D eigenvalue weighted by Gasteiger charge is -2.15. The van der Waals surface area contributed by atoms with Gasteiger partial charge >= 0.3 is 0 Å². The molecule has 22 heavy (non-hydrogen) atoms. The van der Waals surface area contributed by atoms with E-state index in [0.29, 0.717) is 18.5 Å². The van der Waals surface area contributed by atoms with Gasteiger partial charge in [-0.2, -0.15) is 5.10 Å². The van der Waals surface area contributed by atoms with Gasteiger partial charge in [-0.05, 0) is 49.6 Å². The zero-order valence-electron chi connectivity index (χ0n) is 12.2. The number of nitrogens with zero attached hydrogens (tertiary/aromatic N) is 2. The summed E-state index contributed by atoms with van der Waals surface area (Å²) in [5, 5.41) is 9.76. The molecule has 0 bridgehead atoms. The molecule has 1 saturated heterocycles. The zero-order chi connectivity index (χ0) is 15.4. The maximum atomic E-state index is 12.3. The van der Waals surface area contributed by atoms with Gasteiger partial charge in [0.15, 0.2) is 0 Å². The van der Waals surface area contributed by atoms with Crippen LogP contribution in [0.3, 0.4) is 0 Å². The molecule has 1 aromatic carbocycles. The van der Waals surface area contributed by atoms with Crippen molar-refractivity contribution in [3.8, 4) is 5.69 Å². The van der Waals surface area contributed by atoms with Crippen molar-refractivity contribution in [1.82, 2.24) is 20.4 Å². The van der Waals surface area contributed by atoms with E-state index in [0.717, 1.165) is 18.5 Å². The number of hydrogen-bond acceptors (Lipinski definition) is 3. The lowest BCUT2D eigenvalue weighted by atomic mass is 10.1. The van der Waals surface area contributed by atoms with E-state index in [1.165, 1.54) is 0 Å². The van der Waals surface area contributed by atoms with Crippen molar-refractivity contribution in [2.24, 2.45) is 0 Å². The predicted octanol–water partition coefficient (Wildman–Crippen LogP) is 1.27. The summed E-state index contributed by atoms with van der Waals surface area (Å²) in [6, 6.07) is 8.53. The monoisotopic (exact) mass is 298 g/mol. The Balaban J connectivity index is 1.68. The number of carbonyl (C=O) groups excluding carboxylic acids is 2. The number of nitrogens with one attached hydrogen (secondary N) is 2. The maximum absolute atomic E-state index is 12.3. The van der Waals surface area contributed by atoms with Gasteiger partial charge in [-0.3, -0.25) is 9.59 Å². The SMILES string of the molecule is O=C(NC1CCCCNC1=O)c1ccc(-n2cccn2)cc1. The molecule has 1 unspecified atom stereocenters. The molecule has 0 radical (unpaired) electrons. The molecule has 2 amide bonds. The van der Waals surface area contributed by atoms with E-state index < -0.39 is 6.04 Å². The first-order valence-corrected chi connectivity index (χ1v) is 7.43. The van der Waals surface area contributed by atoms with Crippen LogP contribution in [0.5, 0.6) is 0 Å². The third kappa shape index (κ3) is 3.16. The summed E-state index contributed by atoms with van der Waals surface area (Å²) in [7, 11) is 0. The average molecular weight is 298 g/mol. The smallest absolute Gasteiger partial charge is 0.251 e. The quantitative estimate of drug-likeness (QED) is 0.896. The first-order chi connectivity index (χ1) is 10.7. The normalized spacial score (nSPS) is 18.4. The molecule has 0 saturated carbocycles. The van der Waals surface area contributed by atoms with Crippen LogP contribution in [-0.2, 0) is 4.79 Å². The van der Waals surface area contributed by atoms with Crippen LogP contribution >= 0.6 is 0 Å². The molecule has 1 aromatic heterocycles. The fourth-order valence-corrected chi connectivity index (χ4v) is 2.51. The van der Waals surface area contributed by atoms with Crippen LogP contribution in [-0.4, -0.2) is 34.2 Å². The highest BCUT2D eigenvalue weighted by Crippen LogP contribution is 2.10. The summed E-state index contributed by atoms with van der Waals surface area (Å²) in [5.74, 6) is -0.326. The Hall–Kier alpha value is -2.63. The molecule has 1 aliphatic rings. The lowest BCUT2D eigenvalue weighted by molar-refractivity contribution is -0.122. The standard InChI is InChI=1S/C16H18N4O2/c21-15(19-14-4-1-2-9-17-16(14)22)12-5-7-13(8-6-12)20-11-3-10-18-20/h3,5-8,10-11,14H,1-2,4,9H2,(H,17,22)(H,19,21). The molecule has 1 atom stereocenters. The van der Waals surface area contributed by atoms with Gasteiger partial charge in [0, 0.05) is 24.5 Å². The lowest BCUT2D eigenvalue weighted by Crippen LogP contribution is -2.45. The third-order valence-electron chi connectivity index (χ3n) is 3.74. The molecule has 2 aromatic rings. The molecule has 1 fully saturated rings. The molecule has 114 valence electrons. The Kier molecular flexibility index (Phi) is 4.18. The van der Waals surface area contributed by atoms with Crippen molar-refractivity contribution in [2.45, 2.75) is 25.3 Å². The number of benzene rings is 1. The van der Waals surface area contributed by atoms with E-state index >= 15 is 0 Å². The van der Waals surface area contributed by atoms with E-state index in [9.17, 15) is 9.59 Å². The molecule has 2 N–H and O–H groups in total. The van der Waals surface area contributed by atoms with E-state index in [2.05, 4.69) is 15.7 Å². The van der Waals surface area contributed by atoms with E-state index in [1.54, 1.807) is 23.0 Å². The fourth-order valence-electron chi connectivity index (χ4n) is 2.51. The largest absolute Gasteiger partial charge is 0.354 e. The van der Waals surface area contributed by atoms with E-state index in [1.807, 2.05) is 24.4 Å². The molecule has 0 spiro atoms. The molecule has 2 heterocycles. The van der Waals surface area contributed by atoms with Gasteiger partial charge in [0.1, 0.15) is 6.04 Å². The summed E-state index contributed by atoms with van der Waals surface area (Å²) in [4.78, 5) is 24.1. The first kappa shape index (κ1) is 14.3. The van der Waals surface area contributed by atoms with Crippen molar-refractivity contribution in [3.05, 3.63) is 48.3 Å². The van der Waals surface area contributed by atoms with Crippen LogP contribution in [0.15, 0.2) is 42.7 Å². The fraction of sp³-hybridized carbons (Fsp3) is 0.312. The molecule has 6 heteroatoms. The van der Waals surface area contributed by atoms with Crippen molar-refractivity contribution >= 4 is 11.8 Å².